The molecule has 0 atom stereocenters. The van der Waals surface area contributed by atoms with Crippen molar-refractivity contribution < 1.29 is 4.74 Å². The van der Waals surface area contributed by atoms with Gasteiger partial charge in [0.2, 0.25) is 5.16 Å². The van der Waals surface area contributed by atoms with Crippen molar-refractivity contribution in [2.75, 3.05) is 18.6 Å². The molecular formula is C17H13I2N5OS. The van der Waals surface area contributed by atoms with Crippen molar-refractivity contribution in [3.63, 3.8) is 0 Å². The van der Waals surface area contributed by atoms with E-state index < -0.39 is 0 Å². The Hall–Kier alpha value is -1.34. The fourth-order valence-electron chi connectivity index (χ4n) is 2.62. The first-order valence-electron chi connectivity index (χ1n) is 7.63. The number of nitrogens with two attached hydrogens (primary N) is 1. The lowest BCUT2D eigenvalue weighted by molar-refractivity contribution is 0.416. The zero-order valence-corrected chi connectivity index (χ0v) is 18.7. The summed E-state index contributed by atoms with van der Waals surface area (Å²) in [6.07, 6.45) is 0. The van der Waals surface area contributed by atoms with Crippen LogP contribution in [0, 0.1) is 7.14 Å². The molecule has 0 amide bonds. The summed E-state index contributed by atoms with van der Waals surface area (Å²) in [5.74, 6) is 2.15. The predicted octanol–water partition coefficient (Wildman–Crippen LogP) is 4.10. The van der Waals surface area contributed by atoms with E-state index in [4.69, 9.17) is 15.6 Å². The molecule has 1 aromatic heterocycles. The van der Waals surface area contributed by atoms with Crippen LogP contribution in [-0.2, 0) is 0 Å². The third-order valence-electron chi connectivity index (χ3n) is 3.93. The zero-order chi connectivity index (χ0) is 18.3. The number of benzene rings is 2. The predicted molar refractivity (Wildman–Crippen MR) is 121 cm³/mol. The maximum atomic E-state index is 6.07. The largest absolute Gasteiger partial charge is 0.496 e. The molecule has 0 bridgehead atoms. The minimum Gasteiger partial charge on any atom is -0.496 e. The monoisotopic (exact) mass is 589 g/mol. The van der Waals surface area contributed by atoms with Gasteiger partial charge in [-0.25, -0.2) is 0 Å². The van der Waals surface area contributed by atoms with Gasteiger partial charge >= 0.3 is 0 Å². The SMILES string of the molecule is COc1ccccc1-c1nnc2n1N=C(c1cc(I)c(N)c(I)c1)CS2. The Morgan fingerprint density at radius 2 is 1.88 bits per heavy atom. The van der Waals surface area contributed by atoms with Crippen LogP contribution in [0.2, 0.25) is 0 Å². The number of anilines is 1. The molecule has 2 N–H and O–H groups in total. The number of halogens is 2. The van der Waals surface area contributed by atoms with E-state index in [1.54, 1.807) is 23.5 Å². The van der Waals surface area contributed by atoms with Crippen LogP contribution >= 0.6 is 56.9 Å². The van der Waals surface area contributed by atoms with Crippen molar-refractivity contribution in [3.8, 4) is 17.1 Å². The third kappa shape index (κ3) is 3.20. The van der Waals surface area contributed by atoms with Gasteiger partial charge in [0.1, 0.15) is 5.75 Å². The molecule has 4 rings (SSSR count). The second-order valence-electron chi connectivity index (χ2n) is 5.51. The number of hydrogen-bond donors (Lipinski definition) is 1. The molecule has 2 aromatic carbocycles. The normalized spacial score (nSPS) is 13.3. The highest BCUT2D eigenvalue weighted by atomic mass is 127. The number of thioether (sulfide) groups is 1. The Kier molecular flexibility index (Phi) is 5.10. The van der Waals surface area contributed by atoms with Crippen LogP contribution in [0.15, 0.2) is 46.7 Å². The average molecular weight is 589 g/mol. The second kappa shape index (κ2) is 7.35. The zero-order valence-electron chi connectivity index (χ0n) is 13.6. The molecular weight excluding hydrogens is 576 g/mol. The van der Waals surface area contributed by atoms with Crippen LogP contribution in [0.5, 0.6) is 5.75 Å². The van der Waals surface area contributed by atoms with Crippen molar-refractivity contribution in [1.29, 1.82) is 0 Å². The molecule has 1 aliphatic heterocycles. The Bertz CT molecular complexity index is 1010. The van der Waals surface area contributed by atoms with E-state index in [9.17, 15) is 0 Å². The molecule has 1 aliphatic rings. The van der Waals surface area contributed by atoms with Crippen LogP contribution in [0.25, 0.3) is 11.4 Å². The summed E-state index contributed by atoms with van der Waals surface area (Å²) in [5, 5.41) is 14.2. The number of para-hydroxylation sites is 1. The molecule has 3 aromatic rings. The van der Waals surface area contributed by atoms with E-state index in [1.807, 2.05) is 24.3 Å². The Labute approximate surface area is 181 Å². The number of hydrogen-bond acceptors (Lipinski definition) is 6. The maximum absolute atomic E-state index is 6.07. The number of methoxy groups -OCH3 is 1. The van der Waals surface area contributed by atoms with Gasteiger partial charge in [-0.1, -0.05) is 23.9 Å². The maximum Gasteiger partial charge on any atom is 0.212 e. The molecule has 0 spiro atoms. The van der Waals surface area contributed by atoms with E-state index in [-0.39, 0.29) is 0 Å². The van der Waals surface area contributed by atoms with Gasteiger partial charge in [-0.3, -0.25) is 0 Å². The minimum absolute atomic E-state index is 0.669. The molecule has 0 saturated carbocycles. The number of nitrogens with zero attached hydrogens (tertiary/aromatic N) is 4. The smallest absolute Gasteiger partial charge is 0.212 e. The van der Waals surface area contributed by atoms with Crippen molar-refractivity contribution in [3.05, 3.63) is 49.1 Å². The van der Waals surface area contributed by atoms with Gasteiger partial charge in [0.15, 0.2) is 5.82 Å². The Balaban J connectivity index is 1.83. The molecule has 6 nitrogen and oxygen atoms in total. The van der Waals surface area contributed by atoms with Crippen molar-refractivity contribution in [1.82, 2.24) is 14.9 Å². The van der Waals surface area contributed by atoms with Gasteiger partial charge in [-0.15, -0.1) is 10.2 Å². The van der Waals surface area contributed by atoms with E-state index in [1.165, 1.54) is 0 Å². The first-order valence-corrected chi connectivity index (χ1v) is 10.8. The van der Waals surface area contributed by atoms with Gasteiger partial charge in [0, 0.05) is 18.5 Å². The number of fused-ring (bicyclic) bond motifs is 1. The lowest BCUT2D eigenvalue weighted by Gasteiger charge is -2.15. The molecule has 9 heteroatoms. The molecule has 132 valence electrons. The lowest BCUT2D eigenvalue weighted by atomic mass is 10.1. The summed E-state index contributed by atoms with van der Waals surface area (Å²) in [7, 11) is 1.65. The molecule has 0 fully saturated rings. The molecule has 0 unspecified atom stereocenters. The van der Waals surface area contributed by atoms with Gasteiger partial charge in [-0.05, 0) is 69.4 Å². The van der Waals surface area contributed by atoms with Crippen LogP contribution in [0.1, 0.15) is 5.56 Å². The standard InChI is InChI=1S/C17H13I2N5OS/c1-25-14-5-3-2-4-10(14)16-21-22-17-24(16)23-13(8-26-17)9-6-11(18)15(20)12(19)7-9/h2-7H,8,20H2,1H3. The van der Waals surface area contributed by atoms with E-state index in [0.29, 0.717) is 5.82 Å². The van der Waals surface area contributed by atoms with E-state index in [2.05, 4.69) is 67.5 Å². The van der Waals surface area contributed by atoms with Gasteiger partial charge in [0.25, 0.3) is 0 Å². The van der Waals surface area contributed by atoms with Crippen LogP contribution in [0.4, 0.5) is 5.69 Å². The van der Waals surface area contributed by atoms with Crippen molar-refractivity contribution >= 4 is 68.3 Å². The van der Waals surface area contributed by atoms with Gasteiger partial charge in [0.05, 0.1) is 24.1 Å². The highest BCUT2D eigenvalue weighted by Gasteiger charge is 2.23. The fraction of sp³-hybridized carbons (Fsp3) is 0.118. The van der Waals surface area contributed by atoms with E-state index >= 15 is 0 Å². The van der Waals surface area contributed by atoms with Gasteiger partial charge < -0.3 is 10.5 Å². The van der Waals surface area contributed by atoms with Crippen LogP contribution < -0.4 is 10.5 Å². The van der Waals surface area contributed by atoms with E-state index in [0.717, 1.165) is 46.3 Å². The third-order valence-corrected chi connectivity index (χ3v) is 6.65. The summed E-state index contributed by atoms with van der Waals surface area (Å²) < 4.78 is 9.30. The summed E-state index contributed by atoms with van der Waals surface area (Å²) in [6, 6.07) is 11.9. The number of rotatable bonds is 3. The summed E-state index contributed by atoms with van der Waals surface area (Å²) >= 11 is 6.13. The second-order valence-corrected chi connectivity index (χ2v) is 8.77. The first kappa shape index (κ1) is 18.0. The summed E-state index contributed by atoms with van der Waals surface area (Å²) in [6.45, 7) is 0. The topological polar surface area (TPSA) is 78.3 Å². The molecule has 0 radical (unpaired) electrons. The quantitative estimate of drug-likeness (QED) is 0.368. The summed E-state index contributed by atoms with van der Waals surface area (Å²) in [4.78, 5) is 0. The first-order chi connectivity index (χ1) is 12.6. The molecule has 0 aliphatic carbocycles. The lowest BCUT2D eigenvalue weighted by Crippen LogP contribution is -2.14. The average Bonchev–Trinajstić information content (AvgIpc) is 3.08. The minimum atomic E-state index is 0.669. The summed E-state index contributed by atoms with van der Waals surface area (Å²) in [5.41, 5.74) is 9.77. The molecule has 2 heterocycles. The van der Waals surface area contributed by atoms with Crippen molar-refractivity contribution in [2.24, 2.45) is 5.10 Å². The number of ether oxygens (including phenoxy) is 1. The number of aromatic nitrogens is 3. The number of nitrogen functional groups attached to an aromatic ring is 1. The Morgan fingerprint density at radius 1 is 1.15 bits per heavy atom. The highest BCUT2D eigenvalue weighted by molar-refractivity contribution is 14.1. The van der Waals surface area contributed by atoms with Crippen LogP contribution in [0.3, 0.4) is 0 Å². The highest BCUT2D eigenvalue weighted by Crippen LogP contribution is 2.33. The Morgan fingerprint density at radius 3 is 2.62 bits per heavy atom. The van der Waals surface area contributed by atoms with Crippen molar-refractivity contribution in [2.45, 2.75) is 5.16 Å². The van der Waals surface area contributed by atoms with Gasteiger partial charge in [-0.2, -0.15) is 9.78 Å². The van der Waals surface area contributed by atoms with Crippen LogP contribution in [-0.4, -0.2) is 33.4 Å². The fourth-order valence-corrected chi connectivity index (χ4v) is 5.22. The molecule has 26 heavy (non-hydrogen) atoms. The molecule has 0 saturated heterocycles.